The summed E-state index contributed by atoms with van der Waals surface area (Å²) < 4.78 is 11.2. The third-order valence-corrected chi connectivity index (χ3v) is 4.39. The van der Waals surface area contributed by atoms with Crippen LogP contribution in [0.1, 0.15) is 31.2 Å². The van der Waals surface area contributed by atoms with Crippen molar-refractivity contribution in [2.45, 2.75) is 32.1 Å². The van der Waals surface area contributed by atoms with Gasteiger partial charge in [-0.15, -0.1) is 0 Å². The molecule has 1 N–H and O–H groups in total. The number of piperidine rings is 1. The van der Waals surface area contributed by atoms with Gasteiger partial charge >= 0.3 is 0 Å². The molecule has 0 saturated carbocycles. The zero-order valence-electron chi connectivity index (χ0n) is 13.0. The lowest BCUT2D eigenvalue weighted by molar-refractivity contribution is 0.226. The van der Waals surface area contributed by atoms with Crippen molar-refractivity contribution in [3.8, 4) is 11.5 Å². The average Bonchev–Trinajstić information content (AvgIpc) is 2.55. The first-order valence-corrected chi connectivity index (χ1v) is 8.17. The normalized spacial score (nSPS) is 18.5. The molecular formula is C17H26N2O2. The van der Waals surface area contributed by atoms with E-state index in [1.165, 1.54) is 50.9 Å². The maximum absolute atomic E-state index is 5.70. The number of likely N-dealkylation sites (tertiary alicyclic amines) is 1. The number of aryl methyl sites for hydroxylation is 1. The zero-order valence-corrected chi connectivity index (χ0v) is 13.0. The summed E-state index contributed by atoms with van der Waals surface area (Å²) >= 11 is 0. The van der Waals surface area contributed by atoms with Crippen molar-refractivity contribution in [3.05, 3.63) is 17.7 Å². The minimum atomic E-state index is 0.706. The van der Waals surface area contributed by atoms with E-state index in [0.717, 1.165) is 30.2 Å². The molecule has 3 rings (SSSR count). The molecule has 0 unspecified atom stereocenters. The van der Waals surface area contributed by atoms with Crippen molar-refractivity contribution in [2.24, 2.45) is 0 Å². The molecule has 1 saturated heterocycles. The maximum atomic E-state index is 5.70. The number of rotatable bonds is 5. The number of hydrogen-bond acceptors (Lipinski definition) is 4. The predicted octanol–water partition coefficient (Wildman–Crippen LogP) is 2.92. The van der Waals surface area contributed by atoms with Crippen LogP contribution in [0.25, 0.3) is 0 Å². The molecule has 2 aliphatic heterocycles. The van der Waals surface area contributed by atoms with Gasteiger partial charge in [0.1, 0.15) is 6.61 Å². The lowest BCUT2D eigenvalue weighted by Crippen LogP contribution is -2.30. The first-order chi connectivity index (χ1) is 10.4. The molecule has 4 nitrogen and oxygen atoms in total. The Morgan fingerprint density at radius 3 is 2.90 bits per heavy atom. The number of nitrogens with one attached hydrogen (secondary N) is 1. The molecule has 0 spiro atoms. The van der Waals surface area contributed by atoms with Crippen LogP contribution in [0, 0.1) is 0 Å². The van der Waals surface area contributed by atoms with Crippen molar-refractivity contribution >= 4 is 5.69 Å². The lowest BCUT2D eigenvalue weighted by atomic mass is 10.1. The first-order valence-electron chi connectivity index (χ1n) is 8.17. The van der Waals surface area contributed by atoms with E-state index >= 15 is 0 Å². The lowest BCUT2D eigenvalue weighted by Gasteiger charge is -2.26. The SMILES string of the molecule is COc1cc(CCCN2CCCCC2)cc2c1OCCN2. The summed E-state index contributed by atoms with van der Waals surface area (Å²) in [5, 5.41) is 3.40. The number of hydrogen-bond donors (Lipinski definition) is 1. The van der Waals surface area contributed by atoms with Gasteiger partial charge in [0.2, 0.25) is 0 Å². The maximum Gasteiger partial charge on any atom is 0.184 e. The van der Waals surface area contributed by atoms with Crippen LogP contribution in [-0.4, -0.2) is 44.8 Å². The quantitative estimate of drug-likeness (QED) is 0.904. The molecule has 21 heavy (non-hydrogen) atoms. The Labute approximate surface area is 127 Å². The Morgan fingerprint density at radius 2 is 2.10 bits per heavy atom. The van der Waals surface area contributed by atoms with E-state index < -0.39 is 0 Å². The molecule has 4 heteroatoms. The molecule has 0 atom stereocenters. The van der Waals surface area contributed by atoms with Crippen LogP contribution in [0.2, 0.25) is 0 Å². The number of methoxy groups -OCH3 is 1. The second kappa shape index (κ2) is 7.03. The topological polar surface area (TPSA) is 33.7 Å². The fourth-order valence-electron chi connectivity index (χ4n) is 3.26. The summed E-state index contributed by atoms with van der Waals surface area (Å²) in [4.78, 5) is 2.60. The Morgan fingerprint density at radius 1 is 1.24 bits per heavy atom. The second-order valence-corrected chi connectivity index (χ2v) is 5.96. The molecule has 0 bridgehead atoms. The van der Waals surface area contributed by atoms with E-state index in [0.29, 0.717) is 6.61 Å². The summed E-state index contributed by atoms with van der Waals surface area (Å²) in [6, 6.07) is 4.34. The highest BCUT2D eigenvalue weighted by atomic mass is 16.5. The zero-order chi connectivity index (χ0) is 14.5. The summed E-state index contributed by atoms with van der Waals surface area (Å²) in [5.74, 6) is 1.72. The van der Waals surface area contributed by atoms with Crippen LogP contribution in [0.5, 0.6) is 11.5 Å². The van der Waals surface area contributed by atoms with Crippen molar-refractivity contribution in [1.82, 2.24) is 4.90 Å². The highest BCUT2D eigenvalue weighted by Gasteiger charge is 2.17. The predicted molar refractivity (Wildman–Crippen MR) is 85.6 cm³/mol. The molecular weight excluding hydrogens is 264 g/mol. The van der Waals surface area contributed by atoms with Crippen LogP contribution >= 0.6 is 0 Å². The Bertz CT molecular complexity index is 453. The average molecular weight is 290 g/mol. The van der Waals surface area contributed by atoms with Gasteiger partial charge in [-0.25, -0.2) is 0 Å². The second-order valence-electron chi connectivity index (χ2n) is 5.96. The number of benzene rings is 1. The third kappa shape index (κ3) is 3.62. The monoisotopic (exact) mass is 290 g/mol. The fourth-order valence-corrected chi connectivity index (χ4v) is 3.26. The van der Waals surface area contributed by atoms with Gasteiger partial charge in [0.15, 0.2) is 11.5 Å². The highest BCUT2D eigenvalue weighted by Crippen LogP contribution is 2.38. The number of anilines is 1. The molecule has 1 fully saturated rings. The molecule has 0 aliphatic carbocycles. The van der Waals surface area contributed by atoms with Gasteiger partial charge in [0, 0.05) is 6.54 Å². The van der Waals surface area contributed by atoms with Crippen molar-refractivity contribution in [1.29, 1.82) is 0 Å². The van der Waals surface area contributed by atoms with Crippen LogP contribution in [0.15, 0.2) is 12.1 Å². The minimum absolute atomic E-state index is 0.706. The van der Waals surface area contributed by atoms with Crippen LogP contribution < -0.4 is 14.8 Å². The Balaban J connectivity index is 1.59. The van der Waals surface area contributed by atoms with E-state index in [1.807, 2.05) is 0 Å². The third-order valence-electron chi connectivity index (χ3n) is 4.39. The molecule has 2 aliphatic rings. The van der Waals surface area contributed by atoms with Gasteiger partial charge in [-0.05, 0) is 63.0 Å². The van der Waals surface area contributed by atoms with Gasteiger partial charge in [0.25, 0.3) is 0 Å². The van der Waals surface area contributed by atoms with Crippen molar-refractivity contribution in [2.75, 3.05) is 45.2 Å². The van der Waals surface area contributed by atoms with Gasteiger partial charge in [0.05, 0.1) is 12.8 Å². The number of fused-ring (bicyclic) bond motifs is 1. The molecule has 0 amide bonds. The number of nitrogens with zero attached hydrogens (tertiary/aromatic N) is 1. The van der Waals surface area contributed by atoms with E-state index in [1.54, 1.807) is 7.11 Å². The largest absolute Gasteiger partial charge is 0.493 e. The summed E-state index contributed by atoms with van der Waals surface area (Å²) in [6.07, 6.45) is 6.46. The van der Waals surface area contributed by atoms with Gasteiger partial charge in [-0.1, -0.05) is 6.42 Å². The van der Waals surface area contributed by atoms with Crippen molar-refractivity contribution in [3.63, 3.8) is 0 Å². The molecule has 2 heterocycles. The van der Waals surface area contributed by atoms with Crippen LogP contribution in [0.4, 0.5) is 5.69 Å². The molecule has 116 valence electrons. The first kappa shape index (κ1) is 14.5. The van der Waals surface area contributed by atoms with E-state index in [2.05, 4.69) is 22.3 Å². The summed E-state index contributed by atoms with van der Waals surface area (Å²) in [5.41, 5.74) is 2.41. The number of ether oxygens (including phenoxy) is 2. The molecule has 1 aromatic rings. The highest BCUT2D eigenvalue weighted by molar-refractivity contribution is 5.66. The fraction of sp³-hybridized carbons (Fsp3) is 0.647. The molecule has 0 radical (unpaired) electrons. The van der Waals surface area contributed by atoms with E-state index in [-0.39, 0.29) is 0 Å². The van der Waals surface area contributed by atoms with Gasteiger partial charge in [-0.2, -0.15) is 0 Å². The van der Waals surface area contributed by atoms with Gasteiger partial charge < -0.3 is 19.7 Å². The van der Waals surface area contributed by atoms with Crippen molar-refractivity contribution < 1.29 is 9.47 Å². The van der Waals surface area contributed by atoms with Crippen LogP contribution in [0.3, 0.4) is 0 Å². The summed E-state index contributed by atoms with van der Waals surface area (Å²) in [6.45, 7) is 5.35. The molecule has 1 aromatic carbocycles. The van der Waals surface area contributed by atoms with E-state index in [4.69, 9.17) is 9.47 Å². The Hall–Kier alpha value is -1.42. The Kier molecular flexibility index (Phi) is 4.86. The van der Waals surface area contributed by atoms with Crippen LogP contribution in [-0.2, 0) is 6.42 Å². The smallest absolute Gasteiger partial charge is 0.184 e. The van der Waals surface area contributed by atoms with Gasteiger partial charge in [-0.3, -0.25) is 0 Å². The molecule has 0 aromatic heterocycles. The van der Waals surface area contributed by atoms with E-state index in [9.17, 15) is 0 Å². The summed E-state index contributed by atoms with van der Waals surface area (Å²) in [7, 11) is 1.71. The minimum Gasteiger partial charge on any atom is -0.493 e. The standard InChI is InChI=1S/C17H26N2O2/c1-20-16-13-14(12-15-17(16)21-11-7-18-15)6-5-10-19-8-3-2-4-9-19/h12-13,18H,2-11H2,1H3.